The molecule has 4 rings (SSSR count). The number of Topliss-reactive ketones (excluding diaryl/α,β-unsaturated/α-hetero) is 3. The van der Waals surface area contributed by atoms with Gasteiger partial charge in [-0.1, -0.05) is 19.4 Å². The highest BCUT2D eigenvalue weighted by atomic mass is 16.4. The van der Waals surface area contributed by atoms with Crippen molar-refractivity contribution in [3.8, 4) is 0 Å². The number of ketones is 3. The summed E-state index contributed by atoms with van der Waals surface area (Å²) in [6.45, 7) is 6.61. The molecule has 4 aliphatic carbocycles. The lowest BCUT2D eigenvalue weighted by Crippen LogP contribution is -2.74. The molecular formula is C28H40O9. The van der Waals surface area contributed by atoms with E-state index in [4.69, 9.17) is 5.11 Å². The van der Waals surface area contributed by atoms with Gasteiger partial charge in [-0.15, -0.1) is 0 Å². The van der Waals surface area contributed by atoms with E-state index in [1.54, 1.807) is 13.8 Å². The highest BCUT2D eigenvalue weighted by Gasteiger charge is 2.72. The van der Waals surface area contributed by atoms with E-state index in [0.29, 0.717) is 31.3 Å². The number of rotatable bonds is 6. The van der Waals surface area contributed by atoms with E-state index < -0.39 is 70.0 Å². The van der Waals surface area contributed by atoms with Gasteiger partial charge in [0.25, 0.3) is 0 Å². The quantitative estimate of drug-likeness (QED) is 0.326. The predicted octanol–water partition coefficient (Wildman–Crippen LogP) is 1.58. The van der Waals surface area contributed by atoms with Crippen LogP contribution in [0.5, 0.6) is 0 Å². The lowest BCUT2D eigenvalue weighted by Gasteiger charge is -2.64. The number of carbonyl (C=O) groups is 4. The van der Waals surface area contributed by atoms with E-state index in [-0.39, 0.29) is 43.0 Å². The van der Waals surface area contributed by atoms with Gasteiger partial charge in [-0.05, 0) is 76.0 Å². The summed E-state index contributed by atoms with van der Waals surface area (Å²) in [6, 6.07) is 0. The van der Waals surface area contributed by atoms with Crippen LogP contribution in [-0.4, -0.2) is 72.8 Å². The first-order valence-corrected chi connectivity index (χ1v) is 13.3. The van der Waals surface area contributed by atoms with Crippen molar-refractivity contribution in [3.05, 3.63) is 11.1 Å². The van der Waals surface area contributed by atoms with Crippen molar-refractivity contribution in [3.63, 3.8) is 0 Å². The van der Waals surface area contributed by atoms with Crippen LogP contribution in [0.25, 0.3) is 0 Å². The fourth-order valence-corrected chi connectivity index (χ4v) is 8.74. The van der Waals surface area contributed by atoms with E-state index in [9.17, 15) is 39.6 Å². The van der Waals surface area contributed by atoms with Gasteiger partial charge in [0.15, 0.2) is 11.4 Å². The van der Waals surface area contributed by atoms with Crippen molar-refractivity contribution in [2.24, 2.45) is 34.5 Å². The second-order valence-electron chi connectivity index (χ2n) is 12.8. The molecule has 9 heteroatoms. The third-order valence-electron chi connectivity index (χ3n) is 10.1. The van der Waals surface area contributed by atoms with E-state index in [0.717, 1.165) is 0 Å². The van der Waals surface area contributed by atoms with Gasteiger partial charge in [0, 0.05) is 17.8 Å². The Morgan fingerprint density at radius 1 is 1.14 bits per heavy atom. The summed E-state index contributed by atoms with van der Waals surface area (Å²) in [4.78, 5) is 50.7. The normalized spacial score (nSPS) is 44.5. The molecule has 0 saturated heterocycles. The van der Waals surface area contributed by atoms with Gasteiger partial charge >= 0.3 is 5.97 Å². The molecule has 0 bridgehead atoms. The minimum atomic E-state index is -2.30. The summed E-state index contributed by atoms with van der Waals surface area (Å²) in [5.74, 6) is -5.17. The maximum atomic E-state index is 14.0. The zero-order chi connectivity index (χ0) is 27.7. The summed E-state index contributed by atoms with van der Waals surface area (Å²) >= 11 is 0. The molecule has 0 aromatic rings. The van der Waals surface area contributed by atoms with Crippen LogP contribution >= 0.6 is 0 Å². The Balaban J connectivity index is 1.65. The Hall–Kier alpha value is -1.94. The van der Waals surface area contributed by atoms with E-state index in [1.807, 2.05) is 6.92 Å². The maximum absolute atomic E-state index is 14.0. The van der Waals surface area contributed by atoms with Crippen LogP contribution in [-0.2, 0) is 19.2 Å². The van der Waals surface area contributed by atoms with Crippen LogP contribution in [0.3, 0.4) is 0 Å². The number of carboxylic acid groups (broad SMARTS) is 1. The van der Waals surface area contributed by atoms with E-state index in [2.05, 4.69) is 0 Å². The first-order valence-electron chi connectivity index (χ1n) is 13.3. The Morgan fingerprint density at radius 2 is 1.78 bits per heavy atom. The Kier molecular flexibility index (Phi) is 7.10. The zero-order valence-electron chi connectivity index (χ0n) is 22.1. The first kappa shape index (κ1) is 28.1. The van der Waals surface area contributed by atoms with Crippen molar-refractivity contribution >= 4 is 23.3 Å². The molecule has 0 heterocycles. The smallest absolute Gasteiger partial charge is 0.303 e. The average molecular weight is 521 g/mol. The molecule has 0 spiro atoms. The molecule has 0 aromatic carbocycles. The summed E-state index contributed by atoms with van der Waals surface area (Å²) in [5, 5.41) is 53.9. The number of hydrogen-bond donors (Lipinski definition) is 5. The number of carboxylic acids is 1. The second kappa shape index (κ2) is 9.36. The molecule has 10 atom stereocenters. The molecule has 9 nitrogen and oxygen atoms in total. The van der Waals surface area contributed by atoms with Gasteiger partial charge in [-0.2, -0.15) is 0 Å². The molecule has 4 aliphatic rings. The monoisotopic (exact) mass is 520 g/mol. The summed E-state index contributed by atoms with van der Waals surface area (Å²) in [5.41, 5.74) is -3.60. The maximum Gasteiger partial charge on any atom is 0.303 e. The molecule has 37 heavy (non-hydrogen) atoms. The number of aliphatic hydroxyl groups is 4. The van der Waals surface area contributed by atoms with Gasteiger partial charge < -0.3 is 25.5 Å². The molecule has 0 aromatic heterocycles. The van der Waals surface area contributed by atoms with Gasteiger partial charge in [-0.25, -0.2) is 0 Å². The van der Waals surface area contributed by atoms with Gasteiger partial charge in [0.2, 0.25) is 5.78 Å². The number of carbonyl (C=O) groups excluding carboxylic acids is 3. The van der Waals surface area contributed by atoms with Crippen molar-refractivity contribution in [1.82, 2.24) is 0 Å². The van der Waals surface area contributed by atoms with Crippen molar-refractivity contribution < 1.29 is 44.7 Å². The largest absolute Gasteiger partial charge is 0.481 e. The number of aliphatic carboxylic acids is 1. The van der Waals surface area contributed by atoms with Gasteiger partial charge in [-0.3, -0.25) is 19.2 Å². The van der Waals surface area contributed by atoms with Gasteiger partial charge in [0.05, 0.1) is 23.7 Å². The third-order valence-corrected chi connectivity index (χ3v) is 10.1. The van der Waals surface area contributed by atoms with Crippen LogP contribution < -0.4 is 0 Å². The molecule has 3 saturated carbocycles. The molecule has 0 amide bonds. The number of fused-ring (bicyclic) bond motifs is 3. The van der Waals surface area contributed by atoms with E-state index in [1.165, 1.54) is 6.92 Å². The fraction of sp³-hybridized carbons (Fsp3) is 0.786. The molecule has 0 radical (unpaired) electrons. The Morgan fingerprint density at radius 3 is 2.38 bits per heavy atom. The summed E-state index contributed by atoms with van der Waals surface area (Å²) < 4.78 is 0. The van der Waals surface area contributed by atoms with E-state index >= 15 is 0 Å². The number of allylic oxidation sites excluding steroid dienone is 1. The predicted molar refractivity (Wildman–Crippen MR) is 131 cm³/mol. The highest BCUT2D eigenvalue weighted by molar-refractivity contribution is 6.24. The second-order valence-corrected chi connectivity index (χ2v) is 12.8. The Labute approximate surface area is 216 Å². The molecule has 10 unspecified atom stereocenters. The fourth-order valence-electron chi connectivity index (χ4n) is 8.74. The van der Waals surface area contributed by atoms with Crippen LogP contribution in [0.2, 0.25) is 0 Å². The Bertz CT molecular complexity index is 1050. The van der Waals surface area contributed by atoms with Crippen molar-refractivity contribution in [2.75, 3.05) is 0 Å². The topological polar surface area (TPSA) is 169 Å². The lowest BCUT2D eigenvalue weighted by molar-refractivity contribution is -0.238. The number of aliphatic hydroxyl groups excluding tert-OH is 3. The van der Waals surface area contributed by atoms with Gasteiger partial charge in [0.1, 0.15) is 11.9 Å². The average Bonchev–Trinajstić information content (AvgIpc) is 2.76. The SMILES string of the molecule is CC(=O)C1=C(C)CC2(C)CC3(C)CC4CCC(CC(O)CCC(=O)O)C(O)C4C(=O)C3C(O)C2(O)C1=O. The lowest BCUT2D eigenvalue weighted by atomic mass is 9.41. The molecule has 0 aliphatic heterocycles. The molecule has 5 N–H and O–H groups in total. The molecule has 3 fully saturated rings. The van der Waals surface area contributed by atoms with Crippen LogP contribution in [0, 0.1) is 34.5 Å². The van der Waals surface area contributed by atoms with Crippen LogP contribution in [0.4, 0.5) is 0 Å². The van der Waals surface area contributed by atoms with Crippen molar-refractivity contribution in [1.29, 1.82) is 0 Å². The van der Waals surface area contributed by atoms with Crippen LogP contribution in [0.15, 0.2) is 11.1 Å². The molecule has 206 valence electrons. The standard InChI is InChI=1S/C28H40O9/c1-13-10-27(4)12-26(3)11-16-6-5-15(9-17(30)7-8-18(31)32)22(33)20(16)23(34)21(26)25(36)28(27,37)24(35)19(13)14(2)29/h15-17,20-22,25,30,33,36-37H,5-12H2,1-4H3,(H,31,32). The first-order chi connectivity index (χ1) is 17.1. The van der Waals surface area contributed by atoms with Crippen LogP contribution in [0.1, 0.15) is 79.1 Å². The van der Waals surface area contributed by atoms with Crippen molar-refractivity contribution in [2.45, 2.75) is 103 Å². The third kappa shape index (κ3) is 4.22. The minimum Gasteiger partial charge on any atom is -0.481 e. The summed E-state index contributed by atoms with van der Waals surface area (Å²) in [7, 11) is 0. The minimum absolute atomic E-state index is 0.0547. The number of hydrogen-bond acceptors (Lipinski definition) is 8. The highest BCUT2D eigenvalue weighted by Crippen LogP contribution is 2.65. The molecular weight excluding hydrogens is 480 g/mol. The zero-order valence-corrected chi connectivity index (χ0v) is 22.1. The summed E-state index contributed by atoms with van der Waals surface area (Å²) in [6.07, 6.45) is -1.35.